The summed E-state index contributed by atoms with van der Waals surface area (Å²) in [7, 11) is 0. The molecule has 38 heavy (non-hydrogen) atoms. The second kappa shape index (κ2) is 11.0. The van der Waals surface area contributed by atoms with Crippen LogP contribution in [0.25, 0.3) is 11.3 Å². The van der Waals surface area contributed by atoms with E-state index in [4.69, 9.17) is 4.42 Å². The number of furan rings is 1. The van der Waals surface area contributed by atoms with Gasteiger partial charge in [-0.15, -0.1) is 5.11 Å². The van der Waals surface area contributed by atoms with Crippen LogP contribution in [0.15, 0.2) is 69.2 Å². The minimum Gasteiger partial charge on any atom is -0.507 e. The smallest absolute Gasteiger partial charge is 0.339 e. The number of halogens is 1. The number of aromatic nitrogens is 3. The van der Waals surface area contributed by atoms with Crippen LogP contribution in [0.1, 0.15) is 35.4 Å². The van der Waals surface area contributed by atoms with Crippen molar-refractivity contribution >= 4 is 29.5 Å². The van der Waals surface area contributed by atoms with Gasteiger partial charge in [0.15, 0.2) is 0 Å². The number of carboxylic acid groups (broad SMARTS) is 1. The van der Waals surface area contributed by atoms with Crippen molar-refractivity contribution in [3.63, 3.8) is 0 Å². The summed E-state index contributed by atoms with van der Waals surface area (Å²) < 4.78 is 19.1. The van der Waals surface area contributed by atoms with Crippen molar-refractivity contribution in [2.24, 2.45) is 10.2 Å². The maximum atomic E-state index is 13.3. The molecule has 3 heterocycles. The Morgan fingerprint density at radius 2 is 1.82 bits per heavy atom. The first-order valence-corrected chi connectivity index (χ1v) is 12.0. The molecule has 0 spiro atoms. The summed E-state index contributed by atoms with van der Waals surface area (Å²) in [4.78, 5) is 26.7. The maximum absolute atomic E-state index is 13.3. The predicted molar refractivity (Wildman–Crippen MR) is 137 cm³/mol. The molecule has 12 heteroatoms. The summed E-state index contributed by atoms with van der Waals surface area (Å²) in [6.45, 7) is 1.74. The van der Waals surface area contributed by atoms with Crippen LogP contribution in [-0.2, 0) is 6.54 Å². The third-order valence-electron chi connectivity index (χ3n) is 5.91. The van der Waals surface area contributed by atoms with Gasteiger partial charge in [0.25, 0.3) is 5.95 Å². The quantitative estimate of drug-likeness (QED) is 0.250. The van der Waals surface area contributed by atoms with Gasteiger partial charge < -0.3 is 24.8 Å². The van der Waals surface area contributed by atoms with Crippen LogP contribution in [0.4, 0.5) is 27.9 Å². The van der Waals surface area contributed by atoms with Crippen LogP contribution < -0.4 is 10.2 Å². The molecule has 3 N–H and O–H groups in total. The Morgan fingerprint density at radius 3 is 2.58 bits per heavy atom. The zero-order valence-corrected chi connectivity index (χ0v) is 20.2. The first kappa shape index (κ1) is 24.8. The Morgan fingerprint density at radius 1 is 1.03 bits per heavy atom. The topological polar surface area (TPSA) is 149 Å². The van der Waals surface area contributed by atoms with E-state index in [1.807, 2.05) is 0 Å². The molecule has 1 aliphatic heterocycles. The number of rotatable bonds is 8. The largest absolute Gasteiger partial charge is 0.507 e. The van der Waals surface area contributed by atoms with Crippen molar-refractivity contribution in [2.45, 2.75) is 25.8 Å². The second-order valence-electron chi connectivity index (χ2n) is 8.64. The van der Waals surface area contributed by atoms with E-state index in [1.54, 1.807) is 30.3 Å². The molecule has 2 aromatic heterocycles. The van der Waals surface area contributed by atoms with Crippen LogP contribution in [0.2, 0.25) is 0 Å². The average Bonchev–Trinajstić information content (AvgIpc) is 3.39. The van der Waals surface area contributed by atoms with Crippen molar-refractivity contribution in [3.05, 3.63) is 71.7 Å². The van der Waals surface area contributed by atoms with Gasteiger partial charge in [-0.25, -0.2) is 9.18 Å². The molecule has 0 unspecified atom stereocenters. The van der Waals surface area contributed by atoms with Gasteiger partial charge in [-0.2, -0.15) is 20.1 Å². The van der Waals surface area contributed by atoms with E-state index in [-0.39, 0.29) is 35.6 Å². The summed E-state index contributed by atoms with van der Waals surface area (Å²) in [6.07, 6.45) is 3.24. The third-order valence-corrected chi connectivity index (χ3v) is 5.91. The minimum atomic E-state index is -1.24. The van der Waals surface area contributed by atoms with E-state index in [9.17, 15) is 19.4 Å². The van der Waals surface area contributed by atoms with Crippen LogP contribution >= 0.6 is 0 Å². The van der Waals surface area contributed by atoms with Crippen LogP contribution in [0.5, 0.6) is 5.75 Å². The lowest BCUT2D eigenvalue weighted by atomic mass is 10.1. The fourth-order valence-electron chi connectivity index (χ4n) is 4.00. The zero-order valence-electron chi connectivity index (χ0n) is 20.2. The molecule has 0 saturated carbocycles. The fourth-order valence-corrected chi connectivity index (χ4v) is 4.00. The number of aromatic carboxylic acids is 1. The number of benzene rings is 2. The number of anilines is 3. The standard InChI is InChI=1S/C26H24FN7O4/c27-17-5-7-18(8-6-17)29-24-30-25(32-26(31-24)34-12-2-1-3-13-34)33-28-15-19-9-11-22(38-19)16-4-10-21(35)20(14-16)23(36)37/h4-11,14,35H,1-3,12-13,15H2,(H,36,37)(H,29,30,31,32). The Bertz CT molecular complexity index is 1470. The van der Waals surface area contributed by atoms with Crippen molar-refractivity contribution in [1.82, 2.24) is 15.0 Å². The minimum absolute atomic E-state index is 0.0926. The average molecular weight is 518 g/mol. The van der Waals surface area contributed by atoms with E-state index >= 15 is 0 Å². The lowest BCUT2D eigenvalue weighted by Crippen LogP contribution is -2.31. The van der Waals surface area contributed by atoms with Crippen molar-refractivity contribution in [3.8, 4) is 17.1 Å². The first-order valence-electron chi connectivity index (χ1n) is 12.0. The normalized spacial score (nSPS) is 13.7. The summed E-state index contributed by atoms with van der Waals surface area (Å²) in [5.41, 5.74) is 0.904. The highest BCUT2D eigenvalue weighted by Crippen LogP contribution is 2.28. The number of carbonyl (C=O) groups is 1. The highest BCUT2D eigenvalue weighted by Gasteiger charge is 2.17. The first-order chi connectivity index (χ1) is 18.4. The molecule has 2 aromatic carbocycles. The zero-order chi connectivity index (χ0) is 26.5. The number of nitrogens with zero attached hydrogens (tertiary/aromatic N) is 6. The van der Waals surface area contributed by atoms with Crippen molar-refractivity contribution < 1.29 is 23.8 Å². The Hall–Kier alpha value is -4.87. The van der Waals surface area contributed by atoms with E-state index in [2.05, 4.69) is 35.4 Å². The molecule has 0 amide bonds. The van der Waals surface area contributed by atoms with Crippen LogP contribution in [0.3, 0.4) is 0 Å². The highest BCUT2D eigenvalue weighted by atomic mass is 19.1. The molecule has 0 radical (unpaired) electrons. The number of hydrogen-bond donors (Lipinski definition) is 3. The molecular weight excluding hydrogens is 493 g/mol. The molecule has 0 bridgehead atoms. The monoisotopic (exact) mass is 517 g/mol. The number of phenols is 1. The van der Waals surface area contributed by atoms with Gasteiger partial charge in [-0.3, -0.25) is 0 Å². The molecular formula is C26H24FN7O4. The molecule has 194 valence electrons. The number of nitrogens with one attached hydrogen (secondary N) is 1. The Labute approximate surface area is 216 Å². The summed E-state index contributed by atoms with van der Waals surface area (Å²) in [5, 5.41) is 30.4. The summed E-state index contributed by atoms with van der Waals surface area (Å²) in [5.74, 6) is -0.121. The number of aromatic hydroxyl groups is 1. The van der Waals surface area contributed by atoms with Crippen LogP contribution in [-0.4, -0.2) is 44.2 Å². The lowest BCUT2D eigenvalue weighted by Gasteiger charge is -2.26. The van der Waals surface area contributed by atoms with Crippen LogP contribution in [0, 0.1) is 5.82 Å². The molecule has 4 aromatic rings. The van der Waals surface area contributed by atoms with Crippen molar-refractivity contribution in [2.75, 3.05) is 23.3 Å². The second-order valence-corrected chi connectivity index (χ2v) is 8.64. The molecule has 1 saturated heterocycles. The SMILES string of the molecule is O=C(O)c1cc(-c2ccc(CN=Nc3nc(Nc4ccc(F)cc4)nc(N4CCCCC4)n3)o2)ccc1O. The molecule has 1 fully saturated rings. The number of carboxylic acids is 1. The van der Waals surface area contributed by atoms with Gasteiger partial charge in [0.2, 0.25) is 11.9 Å². The molecule has 5 rings (SSSR count). The summed E-state index contributed by atoms with van der Waals surface area (Å²) >= 11 is 0. The Kier molecular flexibility index (Phi) is 7.20. The third kappa shape index (κ3) is 5.91. The van der Waals surface area contributed by atoms with Gasteiger partial charge in [-0.05, 0) is 73.9 Å². The predicted octanol–water partition coefficient (Wildman–Crippen LogP) is 5.69. The fraction of sp³-hybridized carbons (Fsp3) is 0.231. The van der Waals surface area contributed by atoms with E-state index < -0.39 is 5.97 Å². The van der Waals surface area contributed by atoms with Gasteiger partial charge in [0.05, 0.1) is 0 Å². The molecule has 11 nitrogen and oxygen atoms in total. The Balaban J connectivity index is 1.34. The molecule has 1 aliphatic rings. The van der Waals surface area contributed by atoms with Gasteiger partial charge in [-0.1, -0.05) is 0 Å². The molecule has 0 aliphatic carbocycles. The molecule has 0 atom stereocenters. The number of hydrogen-bond acceptors (Lipinski definition) is 10. The number of azo groups is 1. The van der Waals surface area contributed by atoms with E-state index in [0.717, 1.165) is 32.4 Å². The maximum Gasteiger partial charge on any atom is 0.339 e. The van der Waals surface area contributed by atoms with Gasteiger partial charge in [0.1, 0.15) is 35.2 Å². The van der Waals surface area contributed by atoms with E-state index in [0.29, 0.717) is 28.7 Å². The summed E-state index contributed by atoms with van der Waals surface area (Å²) in [6, 6.07) is 13.5. The van der Waals surface area contributed by atoms with Gasteiger partial charge >= 0.3 is 5.97 Å². The highest BCUT2D eigenvalue weighted by molar-refractivity contribution is 5.92. The van der Waals surface area contributed by atoms with Crippen molar-refractivity contribution in [1.29, 1.82) is 0 Å². The van der Waals surface area contributed by atoms with E-state index in [1.165, 1.54) is 24.3 Å². The lowest BCUT2D eigenvalue weighted by molar-refractivity contribution is 0.0693. The number of piperidine rings is 1. The van der Waals surface area contributed by atoms with Gasteiger partial charge in [0, 0.05) is 24.3 Å².